The minimum absolute atomic E-state index is 0.131. The number of carbonyl (C=O) groups is 2. The van der Waals surface area contributed by atoms with Crippen LogP contribution in [0.3, 0.4) is 0 Å². The van der Waals surface area contributed by atoms with Gasteiger partial charge >= 0.3 is 5.97 Å². The molecular weight excluding hydrogens is 292 g/mol. The normalized spacial score (nSPS) is 10.1. The molecule has 0 radical (unpaired) electrons. The van der Waals surface area contributed by atoms with E-state index in [2.05, 4.69) is 20.7 Å². The number of thiophene rings is 1. The lowest BCUT2D eigenvalue weighted by atomic mass is 10.1. The van der Waals surface area contributed by atoms with Gasteiger partial charge in [-0.25, -0.2) is 0 Å². The summed E-state index contributed by atoms with van der Waals surface area (Å²) in [6, 6.07) is 1.87. The molecular formula is C11H13BrO3S. The fourth-order valence-corrected chi connectivity index (χ4v) is 2.83. The quantitative estimate of drug-likeness (QED) is 0.459. The summed E-state index contributed by atoms with van der Waals surface area (Å²) in [6.45, 7) is 0. The lowest BCUT2D eigenvalue weighted by Gasteiger charge is -1.99. The van der Waals surface area contributed by atoms with Gasteiger partial charge in [0.25, 0.3) is 0 Å². The Bertz CT molecular complexity index is 373. The van der Waals surface area contributed by atoms with Crippen LogP contribution in [-0.4, -0.2) is 18.9 Å². The Hall–Kier alpha value is -0.680. The van der Waals surface area contributed by atoms with E-state index in [1.54, 1.807) is 0 Å². The fraction of sp³-hybridized carbons (Fsp3) is 0.455. The maximum absolute atomic E-state index is 11.7. The summed E-state index contributed by atoms with van der Waals surface area (Å²) in [6.07, 6.45) is 2.28. The molecule has 0 aliphatic rings. The number of carbonyl (C=O) groups excluding carboxylic acids is 2. The minimum atomic E-state index is -0.218. The number of Topliss-reactive ketones (excluding diaryl/α,β-unsaturated/α-hetero) is 1. The highest BCUT2D eigenvalue weighted by Crippen LogP contribution is 2.24. The third-order valence-corrected chi connectivity index (χ3v) is 4.01. The number of hydrogen-bond acceptors (Lipinski definition) is 4. The predicted octanol–water partition coefficient (Wildman–Crippen LogP) is 3.43. The van der Waals surface area contributed by atoms with Crippen LogP contribution in [0.5, 0.6) is 0 Å². The Morgan fingerprint density at radius 3 is 2.62 bits per heavy atom. The van der Waals surface area contributed by atoms with Crippen LogP contribution in [-0.2, 0) is 9.53 Å². The van der Waals surface area contributed by atoms with E-state index in [0.29, 0.717) is 19.3 Å². The first kappa shape index (κ1) is 13.4. The van der Waals surface area contributed by atoms with Gasteiger partial charge in [-0.2, -0.15) is 0 Å². The molecule has 0 N–H and O–H groups in total. The van der Waals surface area contributed by atoms with Gasteiger partial charge in [-0.3, -0.25) is 9.59 Å². The van der Waals surface area contributed by atoms with Gasteiger partial charge in [0.2, 0.25) is 0 Å². The van der Waals surface area contributed by atoms with E-state index >= 15 is 0 Å². The molecule has 5 heteroatoms. The van der Waals surface area contributed by atoms with Gasteiger partial charge in [-0.1, -0.05) is 0 Å². The average Bonchev–Trinajstić information content (AvgIpc) is 2.70. The zero-order valence-corrected chi connectivity index (χ0v) is 11.4. The van der Waals surface area contributed by atoms with Crippen LogP contribution >= 0.6 is 27.3 Å². The van der Waals surface area contributed by atoms with Crippen LogP contribution in [0.2, 0.25) is 0 Å². The Labute approximate surface area is 107 Å². The van der Waals surface area contributed by atoms with Crippen LogP contribution in [0.1, 0.15) is 35.4 Å². The molecule has 88 valence electrons. The van der Waals surface area contributed by atoms with Gasteiger partial charge < -0.3 is 4.74 Å². The SMILES string of the molecule is COC(=O)CCCCC(=O)c1sccc1Br. The second-order valence-corrected chi connectivity index (χ2v) is 5.07. The number of rotatable bonds is 6. The van der Waals surface area contributed by atoms with Crippen molar-refractivity contribution in [3.8, 4) is 0 Å². The number of esters is 1. The van der Waals surface area contributed by atoms with Gasteiger partial charge in [-0.15, -0.1) is 11.3 Å². The van der Waals surface area contributed by atoms with E-state index in [-0.39, 0.29) is 11.8 Å². The number of halogens is 1. The number of ketones is 1. The molecule has 0 atom stereocenters. The Balaban J connectivity index is 2.26. The second-order valence-electron chi connectivity index (χ2n) is 3.30. The maximum Gasteiger partial charge on any atom is 0.305 e. The first-order chi connectivity index (χ1) is 7.65. The molecule has 1 heterocycles. The fourth-order valence-electron chi connectivity index (χ4n) is 1.26. The van der Waals surface area contributed by atoms with Crippen molar-refractivity contribution >= 4 is 39.0 Å². The van der Waals surface area contributed by atoms with Crippen molar-refractivity contribution in [1.82, 2.24) is 0 Å². The summed E-state index contributed by atoms with van der Waals surface area (Å²) < 4.78 is 5.38. The third-order valence-electron chi connectivity index (χ3n) is 2.13. The Morgan fingerprint density at radius 1 is 1.38 bits per heavy atom. The van der Waals surface area contributed by atoms with Crippen LogP contribution < -0.4 is 0 Å². The molecule has 0 aliphatic heterocycles. The van der Waals surface area contributed by atoms with E-state index in [1.807, 2.05) is 11.4 Å². The standard InChI is InChI=1S/C11H13BrO3S/c1-15-10(14)5-3-2-4-9(13)11-8(12)6-7-16-11/h6-7H,2-5H2,1H3. The molecule has 0 spiro atoms. The van der Waals surface area contributed by atoms with E-state index in [9.17, 15) is 9.59 Å². The highest BCUT2D eigenvalue weighted by atomic mass is 79.9. The number of unbranched alkanes of at least 4 members (excludes halogenated alkanes) is 1. The molecule has 0 amide bonds. The molecule has 1 aromatic heterocycles. The summed E-state index contributed by atoms with van der Waals surface area (Å²) in [5.74, 6) is -0.0866. The topological polar surface area (TPSA) is 43.4 Å². The summed E-state index contributed by atoms with van der Waals surface area (Å²) in [5, 5.41) is 1.88. The van der Waals surface area contributed by atoms with E-state index in [1.165, 1.54) is 18.4 Å². The summed E-state index contributed by atoms with van der Waals surface area (Å²) in [5.41, 5.74) is 0. The smallest absolute Gasteiger partial charge is 0.305 e. The molecule has 16 heavy (non-hydrogen) atoms. The lowest BCUT2D eigenvalue weighted by molar-refractivity contribution is -0.140. The average molecular weight is 305 g/mol. The molecule has 0 fully saturated rings. The van der Waals surface area contributed by atoms with Gasteiger partial charge in [-0.05, 0) is 40.2 Å². The van der Waals surface area contributed by atoms with Crippen molar-refractivity contribution in [1.29, 1.82) is 0 Å². The van der Waals surface area contributed by atoms with E-state index < -0.39 is 0 Å². The van der Waals surface area contributed by atoms with Crippen molar-refractivity contribution in [2.24, 2.45) is 0 Å². The first-order valence-electron chi connectivity index (χ1n) is 4.98. The van der Waals surface area contributed by atoms with Crippen molar-refractivity contribution in [3.05, 3.63) is 20.8 Å². The van der Waals surface area contributed by atoms with Gasteiger partial charge in [0.1, 0.15) is 0 Å². The molecule has 3 nitrogen and oxygen atoms in total. The minimum Gasteiger partial charge on any atom is -0.469 e. The van der Waals surface area contributed by atoms with Gasteiger partial charge in [0, 0.05) is 17.3 Å². The largest absolute Gasteiger partial charge is 0.469 e. The second kappa shape index (κ2) is 6.81. The summed E-state index contributed by atoms with van der Waals surface area (Å²) in [4.78, 5) is 23.3. The molecule has 0 aromatic carbocycles. The van der Waals surface area contributed by atoms with Gasteiger partial charge in [0.05, 0.1) is 12.0 Å². The lowest BCUT2D eigenvalue weighted by Crippen LogP contribution is -2.01. The van der Waals surface area contributed by atoms with E-state index in [0.717, 1.165) is 15.8 Å². The maximum atomic E-state index is 11.7. The molecule has 0 bridgehead atoms. The highest BCUT2D eigenvalue weighted by molar-refractivity contribution is 9.10. The molecule has 0 saturated carbocycles. The van der Waals surface area contributed by atoms with Crippen molar-refractivity contribution in [2.45, 2.75) is 25.7 Å². The zero-order chi connectivity index (χ0) is 12.0. The Morgan fingerprint density at radius 2 is 2.06 bits per heavy atom. The Kier molecular flexibility index (Phi) is 5.69. The van der Waals surface area contributed by atoms with Crippen LogP contribution in [0.25, 0.3) is 0 Å². The number of ether oxygens (including phenoxy) is 1. The highest BCUT2D eigenvalue weighted by Gasteiger charge is 2.11. The molecule has 1 aromatic rings. The van der Waals surface area contributed by atoms with Crippen molar-refractivity contribution in [3.63, 3.8) is 0 Å². The molecule has 0 saturated heterocycles. The summed E-state index contributed by atoms with van der Waals surface area (Å²) >= 11 is 4.76. The molecule has 0 unspecified atom stereocenters. The van der Waals surface area contributed by atoms with Crippen LogP contribution in [0.4, 0.5) is 0 Å². The number of hydrogen-bond donors (Lipinski definition) is 0. The third kappa shape index (κ3) is 4.06. The summed E-state index contributed by atoms with van der Waals surface area (Å²) in [7, 11) is 1.37. The number of methoxy groups -OCH3 is 1. The predicted molar refractivity (Wildman–Crippen MR) is 66.8 cm³/mol. The first-order valence-corrected chi connectivity index (χ1v) is 6.65. The van der Waals surface area contributed by atoms with Gasteiger partial charge in [0.15, 0.2) is 5.78 Å². The van der Waals surface area contributed by atoms with Crippen molar-refractivity contribution in [2.75, 3.05) is 7.11 Å². The van der Waals surface area contributed by atoms with E-state index in [4.69, 9.17) is 0 Å². The molecule has 0 aliphatic carbocycles. The molecule has 1 rings (SSSR count). The zero-order valence-electron chi connectivity index (χ0n) is 8.99. The van der Waals surface area contributed by atoms with Crippen LogP contribution in [0, 0.1) is 0 Å². The monoisotopic (exact) mass is 304 g/mol. The van der Waals surface area contributed by atoms with Crippen LogP contribution in [0.15, 0.2) is 15.9 Å². The van der Waals surface area contributed by atoms with Crippen molar-refractivity contribution < 1.29 is 14.3 Å².